The smallest absolute Gasteiger partial charge is 0.384 e. The second-order valence-corrected chi connectivity index (χ2v) is 7.68. The van der Waals surface area contributed by atoms with E-state index in [4.69, 9.17) is 0 Å². The van der Waals surface area contributed by atoms with Crippen molar-refractivity contribution >= 4 is 36.2 Å². The third-order valence-electron chi connectivity index (χ3n) is 4.89. The molecular formula is C21H22F3N4OP. The minimum atomic E-state index is -4.41. The van der Waals surface area contributed by atoms with Crippen LogP contribution < -0.4 is 15.9 Å². The van der Waals surface area contributed by atoms with Crippen LogP contribution in [0.1, 0.15) is 42.4 Å². The van der Waals surface area contributed by atoms with Gasteiger partial charge in [-0.05, 0) is 57.0 Å². The Morgan fingerprint density at radius 2 is 1.90 bits per heavy atom. The largest absolute Gasteiger partial charge is 0.416 e. The minimum Gasteiger partial charge on any atom is -0.384 e. The third kappa shape index (κ3) is 4.38. The first-order chi connectivity index (χ1) is 14.2. The second-order valence-electron chi connectivity index (χ2n) is 7.01. The molecule has 3 aromatic rings. The number of alkyl halides is 3. The Hall–Kier alpha value is -2.73. The Labute approximate surface area is 174 Å². The average Bonchev–Trinajstić information content (AvgIpc) is 2.66. The van der Waals surface area contributed by atoms with Crippen molar-refractivity contribution in [2.24, 2.45) is 0 Å². The molecule has 1 atom stereocenters. The van der Waals surface area contributed by atoms with Gasteiger partial charge in [-0.3, -0.25) is 4.57 Å². The van der Waals surface area contributed by atoms with Crippen LogP contribution in [-0.2, 0) is 10.7 Å². The van der Waals surface area contributed by atoms with Gasteiger partial charge in [-0.2, -0.15) is 13.2 Å². The summed E-state index contributed by atoms with van der Waals surface area (Å²) in [6, 6.07) is 7.26. The molecule has 1 heterocycles. The van der Waals surface area contributed by atoms with Crippen LogP contribution in [0.5, 0.6) is 0 Å². The fourth-order valence-electron chi connectivity index (χ4n) is 3.51. The van der Waals surface area contributed by atoms with Crippen LogP contribution in [-0.4, -0.2) is 16.5 Å². The van der Waals surface area contributed by atoms with Crippen molar-refractivity contribution < 1.29 is 17.7 Å². The zero-order chi connectivity index (χ0) is 22.1. The molecule has 3 rings (SSSR count). The highest BCUT2D eigenvalue weighted by atomic mass is 31.1. The maximum absolute atomic E-state index is 13.3. The molecule has 2 N–H and O–H groups in total. The van der Waals surface area contributed by atoms with Crippen molar-refractivity contribution in [2.75, 3.05) is 17.2 Å². The van der Waals surface area contributed by atoms with E-state index in [1.165, 1.54) is 13.0 Å². The third-order valence-corrected chi connectivity index (χ3v) is 5.46. The van der Waals surface area contributed by atoms with E-state index in [0.717, 1.165) is 6.07 Å². The number of hydrogen-bond acceptors (Lipinski definition) is 5. The van der Waals surface area contributed by atoms with Gasteiger partial charge in [0, 0.05) is 11.9 Å². The van der Waals surface area contributed by atoms with Gasteiger partial charge in [-0.1, -0.05) is 12.1 Å². The van der Waals surface area contributed by atoms with Crippen LogP contribution in [0, 0.1) is 13.8 Å². The van der Waals surface area contributed by atoms with Crippen LogP contribution >= 0.6 is 8.46 Å². The van der Waals surface area contributed by atoms with E-state index < -0.39 is 17.8 Å². The molecule has 158 valence electrons. The zero-order valence-electron chi connectivity index (χ0n) is 17.1. The first-order valence-corrected chi connectivity index (χ1v) is 10.3. The molecule has 0 saturated carbocycles. The number of aryl methyl sites for hydroxylation is 1. The highest BCUT2D eigenvalue weighted by molar-refractivity contribution is 7.34. The highest BCUT2D eigenvalue weighted by Crippen LogP contribution is 2.35. The number of hydrogen-bond donors (Lipinski definition) is 2. The summed E-state index contributed by atoms with van der Waals surface area (Å²) in [5.41, 5.74) is 1.42. The Bertz CT molecular complexity index is 1100. The van der Waals surface area contributed by atoms with Gasteiger partial charge >= 0.3 is 6.18 Å². The van der Waals surface area contributed by atoms with Crippen LogP contribution in [0.25, 0.3) is 10.9 Å². The quantitative estimate of drug-likeness (QED) is 0.481. The number of halogens is 3. The molecule has 5 nitrogen and oxygen atoms in total. The lowest BCUT2D eigenvalue weighted by Gasteiger charge is -2.21. The Morgan fingerprint density at radius 3 is 2.53 bits per heavy atom. The number of anilines is 2. The van der Waals surface area contributed by atoms with E-state index in [0.29, 0.717) is 45.6 Å². The van der Waals surface area contributed by atoms with E-state index >= 15 is 0 Å². The van der Waals surface area contributed by atoms with Gasteiger partial charge in [0.1, 0.15) is 11.6 Å². The van der Waals surface area contributed by atoms with Gasteiger partial charge in [-0.25, -0.2) is 9.97 Å². The predicted octanol–water partition coefficient (Wildman–Crippen LogP) is 5.79. The molecule has 9 heteroatoms. The van der Waals surface area contributed by atoms with E-state index in [2.05, 4.69) is 20.6 Å². The SMILES string of the molecule is CCNc1cc2nc(C)nc(NC(C)c3cccc(C(F)(F)F)c3C)c2cc1P=O. The van der Waals surface area contributed by atoms with E-state index in [-0.39, 0.29) is 14.0 Å². The number of benzene rings is 2. The lowest BCUT2D eigenvalue weighted by Crippen LogP contribution is -2.15. The molecule has 0 bridgehead atoms. The summed E-state index contributed by atoms with van der Waals surface area (Å²) >= 11 is 0. The van der Waals surface area contributed by atoms with Crippen LogP contribution in [0.3, 0.4) is 0 Å². The monoisotopic (exact) mass is 434 g/mol. The Kier molecular flexibility index (Phi) is 6.27. The summed E-state index contributed by atoms with van der Waals surface area (Å²) in [6.45, 7) is 7.60. The van der Waals surface area contributed by atoms with Crippen molar-refractivity contribution in [1.82, 2.24) is 9.97 Å². The first kappa shape index (κ1) is 22.0. The number of nitrogens with zero attached hydrogens (tertiary/aromatic N) is 2. The number of rotatable bonds is 6. The molecule has 0 saturated heterocycles. The molecule has 1 unspecified atom stereocenters. The standard InChI is InChI=1S/C21H22F3N4OP/c1-5-25-18-10-17-15(9-19(18)30-29)20(28-13(4)27-17)26-12(3)14-7-6-8-16(11(14)2)21(22,23)24/h6-10,12,25H,5H2,1-4H3,(H,26,27,28). The summed E-state index contributed by atoms with van der Waals surface area (Å²) in [5.74, 6) is 1.00. The van der Waals surface area contributed by atoms with E-state index in [9.17, 15) is 17.7 Å². The van der Waals surface area contributed by atoms with Crippen molar-refractivity contribution in [2.45, 2.75) is 39.9 Å². The van der Waals surface area contributed by atoms with Crippen LogP contribution in [0.2, 0.25) is 0 Å². The molecule has 0 amide bonds. The topological polar surface area (TPSA) is 66.9 Å². The predicted molar refractivity (Wildman–Crippen MR) is 114 cm³/mol. The van der Waals surface area contributed by atoms with Gasteiger partial charge < -0.3 is 10.6 Å². The molecule has 0 aliphatic rings. The minimum absolute atomic E-state index is 0.151. The first-order valence-electron chi connectivity index (χ1n) is 9.48. The van der Waals surface area contributed by atoms with E-state index in [1.54, 1.807) is 32.0 Å². The van der Waals surface area contributed by atoms with Crippen LogP contribution in [0.4, 0.5) is 24.7 Å². The van der Waals surface area contributed by atoms with Crippen molar-refractivity contribution in [1.29, 1.82) is 0 Å². The maximum Gasteiger partial charge on any atom is 0.416 e. The summed E-state index contributed by atoms with van der Waals surface area (Å²) in [6.07, 6.45) is -4.41. The number of fused-ring (bicyclic) bond motifs is 1. The summed E-state index contributed by atoms with van der Waals surface area (Å²) in [4.78, 5) is 8.90. The summed E-state index contributed by atoms with van der Waals surface area (Å²) in [7, 11) is -0.151. The maximum atomic E-state index is 13.3. The normalized spacial score (nSPS) is 12.9. The van der Waals surface area contributed by atoms with Crippen molar-refractivity contribution in [3.8, 4) is 0 Å². The molecule has 30 heavy (non-hydrogen) atoms. The fourth-order valence-corrected chi connectivity index (χ4v) is 3.93. The van der Waals surface area contributed by atoms with Gasteiger partial charge in [-0.15, -0.1) is 0 Å². The summed E-state index contributed by atoms with van der Waals surface area (Å²) < 4.78 is 51.5. The molecule has 0 spiro atoms. The summed E-state index contributed by atoms with van der Waals surface area (Å²) in [5, 5.41) is 7.59. The van der Waals surface area contributed by atoms with Crippen molar-refractivity contribution in [3.63, 3.8) is 0 Å². The van der Waals surface area contributed by atoms with Gasteiger partial charge in [0.15, 0.2) is 8.46 Å². The fraction of sp³-hybridized carbons (Fsp3) is 0.333. The van der Waals surface area contributed by atoms with E-state index in [1.807, 2.05) is 6.92 Å². The van der Waals surface area contributed by atoms with Crippen molar-refractivity contribution in [3.05, 3.63) is 52.8 Å². The molecule has 0 radical (unpaired) electrons. The molecule has 2 aromatic carbocycles. The Morgan fingerprint density at radius 1 is 1.17 bits per heavy atom. The molecule has 0 aliphatic heterocycles. The lowest BCUT2D eigenvalue weighted by atomic mass is 9.97. The van der Waals surface area contributed by atoms with Gasteiger partial charge in [0.25, 0.3) is 0 Å². The number of nitrogens with one attached hydrogen (secondary N) is 2. The lowest BCUT2D eigenvalue weighted by molar-refractivity contribution is -0.138. The van der Waals surface area contributed by atoms with Crippen LogP contribution in [0.15, 0.2) is 30.3 Å². The average molecular weight is 434 g/mol. The number of aromatic nitrogens is 2. The molecular weight excluding hydrogens is 412 g/mol. The molecule has 0 fully saturated rings. The molecule has 0 aliphatic carbocycles. The van der Waals surface area contributed by atoms with Gasteiger partial charge in [0.05, 0.1) is 28.1 Å². The zero-order valence-corrected chi connectivity index (χ0v) is 17.9. The molecule has 1 aromatic heterocycles. The second kappa shape index (κ2) is 8.56. The Balaban J connectivity index is 2.06. The highest BCUT2D eigenvalue weighted by Gasteiger charge is 2.33. The van der Waals surface area contributed by atoms with Gasteiger partial charge in [0.2, 0.25) is 0 Å².